The standard InChI is InChI=1S/C26H31N5O2/c27-25-24(26(33)28-14-6-1-7-15-32)31-23(17-30-25)21-11-5-3-9-19(21)16-29-22-13-12-18-8-2-4-10-20(18)22/h2-5,8-11,17,22,29,32H,1,6-7,12-16H2,(H2,27,30)(H,28,33)/t22-/m0/s1. The molecule has 1 aliphatic rings. The third-order valence-corrected chi connectivity index (χ3v) is 6.10. The van der Waals surface area contributed by atoms with E-state index in [1.54, 1.807) is 6.20 Å². The van der Waals surface area contributed by atoms with Crippen molar-refractivity contribution in [1.82, 2.24) is 20.6 Å². The van der Waals surface area contributed by atoms with Crippen LogP contribution in [0.2, 0.25) is 0 Å². The van der Waals surface area contributed by atoms with Gasteiger partial charge in [0.25, 0.3) is 5.91 Å². The van der Waals surface area contributed by atoms with E-state index in [9.17, 15) is 4.79 Å². The van der Waals surface area contributed by atoms with Crippen molar-refractivity contribution in [3.63, 3.8) is 0 Å². The Morgan fingerprint density at radius 1 is 1.09 bits per heavy atom. The van der Waals surface area contributed by atoms with Crippen molar-refractivity contribution in [2.75, 3.05) is 18.9 Å². The molecule has 0 saturated carbocycles. The number of fused-ring (bicyclic) bond motifs is 1. The molecular weight excluding hydrogens is 414 g/mol. The van der Waals surface area contributed by atoms with E-state index in [0.29, 0.717) is 24.8 Å². The molecule has 0 saturated heterocycles. The fourth-order valence-electron chi connectivity index (χ4n) is 4.32. The van der Waals surface area contributed by atoms with Gasteiger partial charge in [0.2, 0.25) is 0 Å². The normalized spacial score (nSPS) is 14.8. The van der Waals surface area contributed by atoms with Gasteiger partial charge in [0.1, 0.15) is 0 Å². The van der Waals surface area contributed by atoms with E-state index < -0.39 is 0 Å². The third-order valence-electron chi connectivity index (χ3n) is 6.10. The van der Waals surface area contributed by atoms with Gasteiger partial charge >= 0.3 is 0 Å². The van der Waals surface area contributed by atoms with Gasteiger partial charge in [-0.25, -0.2) is 9.97 Å². The minimum absolute atomic E-state index is 0.116. The number of aryl methyl sites for hydroxylation is 1. The number of nitrogens with zero attached hydrogens (tertiary/aromatic N) is 2. The first-order valence-corrected chi connectivity index (χ1v) is 11.6. The van der Waals surface area contributed by atoms with Crippen LogP contribution in [0.5, 0.6) is 0 Å². The van der Waals surface area contributed by atoms with E-state index in [4.69, 9.17) is 10.8 Å². The largest absolute Gasteiger partial charge is 0.396 e. The second-order valence-corrected chi connectivity index (χ2v) is 8.36. The maximum atomic E-state index is 12.6. The van der Waals surface area contributed by atoms with E-state index in [1.807, 2.05) is 18.2 Å². The minimum Gasteiger partial charge on any atom is -0.396 e. The minimum atomic E-state index is -0.330. The van der Waals surface area contributed by atoms with E-state index in [0.717, 1.165) is 43.2 Å². The molecule has 7 nitrogen and oxygen atoms in total. The van der Waals surface area contributed by atoms with Crippen molar-refractivity contribution in [2.45, 2.75) is 44.7 Å². The van der Waals surface area contributed by atoms with Crippen LogP contribution in [0.15, 0.2) is 54.7 Å². The first-order valence-electron chi connectivity index (χ1n) is 11.6. The summed E-state index contributed by atoms with van der Waals surface area (Å²) in [7, 11) is 0. The zero-order chi connectivity index (χ0) is 23.0. The van der Waals surface area contributed by atoms with Crippen molar-refractivity contribution in [3.05, 3.63) is 77.1 Å². The average Bonchev–Trinajstić information content (AvgIpc) is 3.26. The summed E-state index contributed by atoms with van der Waals surface area (Å²) < 4.78 is 0. The molecule has 172 valence electrons. The number of hydrogen-bond donors (Lipinski definition) is 4. The molecule has 7 heteroatoms. The molecule has 0 aliphatic heterocycles. The summed E-state index contributed by atoms with van der Waals surface area (Å²) in [5, 5.41) is 15.4. The number of anilines is 1. The number of amides is 1. The molecule has 3 aromatic rings. The van der Waals surface area contributed by atoms with Crippen LogP contribution in [0.1, 0.15) is 58.9 Å². The monoisotopic (exact) mass is 445 g/mol. The highest BCUT2D eigenvalue weighted by Crippen LogP contribution is 2.31. The van der Waals surface area contributed by atoms with E-state index in [1.165, 1.54) is 11.1 Å². The molecule has 33 heavy (non-hydrogen) atoms. The highest BCUT2D eigenvalue weighted by Gasteiger charge is 2.22. The Morgan fingerprint density at radius 3 is 2.79 bits per heavy atom. The maximum absolute atomic E-state index is 12.6. The van der Waals surface area contributed by atoms with Gasteiger partial charge in [0, 0.05) is 31.3 Å². The lowest BCUT2D eigenvalue weighted by Crippen LogP contribution is -2.27. The molecule has 5 N–H and O–H groups in total. The molecule has 0 spiro atoms. The second kappa shape index (κ2) is 11.0. The number of hydrogen-bond acceptors (Lipinski definition) is 6. The number of aliphatic hydroxyl groups excluding tert-OH is 1. The number of nitrogen functional groups attached to an aromatic ring is 1. The molecule has 4 rings (SSSR count). The quantitative estimate of drug-likeness (QED) is 0.356. The van der Waals surface area contributed by atoms with Crippen molar-refractivity contribution in [2.24, 2.45) is 0 Å². The maximum Gasteiger partial charge on any atom is 0.273 e. The van der Waals surface area contributed by atoms with Gasteiger partial charge in [-0.05, 0) is 48.8 Å². The number of benzene rings is 2. The highest BCUT2D eigenvalue weighted by molar-refractivity contribution is 5.96. The fraction of sp³-hybridized carbons (Fsp3) is 0.346. The number of rotatable bonds is 10. The summed E-state index contributed by atoms with van der Waals surface area (Å²) in [5.74, 6) is -0.214. The third kappa shape index (κ3) is 5.56. The van der Waals surface area contributed by atoms with Crippen LogP contribution in [0, 0.1) is 0 Å². The van der Waals surface area contributed by atoms with Gasteiger partial charge in [0.05, 0.1) is 11.9 Å². The summed E-state index contributed by atoms with van der Waals surface area (Å²) in [4.78, 5) is 21.4. The summed E-state index contributed by atoms with van der Waals surface area (Å²) in [6.45, 7) is 1.36. The Morgan fingerprint density at radius 2 is 1.91 bits per heavy atom. The summed E-state index contributed by atoms with van der Waals surface area (Å²) in [6.07, 6.45) is 6.17. The molecular formula is C26H31N5O2. The molecule has 0 bridgehead atoms. The van der Waals surface area contributed by atoms with E-state index in [-0.39, 0.29) is 24.0 Å². The Labute approximate surface area is 194 Å². The van der Waals surface area contributed by atoms with Crippen molar-refractivity contribution in [1.29, 1.82) is 0 Å². The molecule has 1 atom stereocenters. The number of carbonyl (C=O) groups excluding carboxylic acids is 1. The van der Waals surface area contributed by atoms with Crippen molar-refractivity contribution >= 4 is 11.7 Å². The van der Waals surface area contributed by atoms with Crippen LogP contribution < -0.4 is 16.4 Å². The Kier molecular flexibility index (Phi) is 7.65. The molecule has 1 amide bonds. The van der Waals surface area contributed by atoms with Crippen molar-refractivity contribution in [3.8, 4) is 11.3 Å². The lowest BCUT2D eigenvalue weighted by molar-refractivity contribution is 0.0948. The second-order valence-electron chi connectivity index (χ2n) is 8.36. The zero-order valence-corrected chi connectivity index (χ0v) is 18.8. The molecule has 2 aromatic carbocycles. The Bertz CT molecular complexity index is 1100. The van der Waals surface area contributed by atoms with Crippen LogP contribution in [0.25, 0.3) is 11.3 Å². The molecule has 1 heterocycles. The van der Waals surface area contributed by atoms with Gasteiger partial charge in [-0.1, -0.05) is 48.5 Å². The SMILES string of the molecule is Nc1ncc(-c2ccccc2CN[C@H]2CCc3ccccc32)nc1C(=O)NCCCCCO. The van der Waals surface area contributed by atoms with Crippen LogP contribution in [0.4, 0.5) is 5.82 Å². The van der Waals surface area contributed by atoms with Gasteiger partial charge in [-0.15, -0.1) is 0 Å². The number of aromatic nitrogens is 2. The van der Waals surface area contributed by atoms with E-state index >= 15 is 0 Å². The molecule has 1 aromatic heterocycles. The Hall–Kier alpha value is -3.29. The van der Waals surface area contributed by atoms with Crippen LogP contribution in [0.3, 0.4) is 0 Å². The molecule has 0 fully saturated rings. The van der Waals surface area contributed by atoms with Gasteiger partial charge in [0.15, 0.2) is 11.5 Å². The lowest BCUT2D eigenvalue weighted by atomic mass is 10.0. The first kappa shape index (κ1) is 22.9. The molecule has 0 radical (unpaired) electrons. The number of aliphatic hydroxyl groups is 1. The predicted molar refractivity (Wildman–Crippen MR) is 129 cm³/mol. The molecule has 1 aliphatic carbocycles. The predicted octanol–water partition coefficient (Wildman–Crippen LogP) is 3.40. The number of carbonyl (C=O) groups is 1. The molecule has 0 unspecified atom stereocenters. The van der Waals surface area contributed by atoms with Crippen molar-refractivity contribution < 1.29 is 9.90 Å². The van der Waals surface area contributed by atoms with Crippen LogP contribution >= 0.6 is 0 Å². The summed E-state index contributed by atoms with van der Waals surface area (Å²) in [5.41, 5.74) is 11.5. The smallest absolute Gasteiger partial charge is 0.273 e. The summed E-state index contributed by atoms with van der Waals surface area (Å²) >= 11 is 0. The number of nitrogens with two attached hydrogens (primary N) is 1. The number of unbranched alkanes of at least 4 members (excludes halogenated alkanes) is 2. The first-order chi connectivity index (χ1) is 16.2. The fourth-order valence-corrected chi connectivity index (χ4v) is 4.32. The van der Waals surface area contributed by atoms with E-state index in [2.05, 4.69) is 50.9 Å². The number of nitrogens with one attached hydrogen (secondary N) is 2. The Balaban J connectivity index is 1.47. The lowest BCUT2D eigenvalue weighted by Gasteiger charge is -2.16. The highest BCUT2D eigenvalue weighted by atomic mass is 16.2. The summed E-state index contributed by atoms with van der Waals surface area (Å²) in [6, 6.07) is 17.0. The van der Waals surface area contributed by atoms with Crippen LogP contribution in [-0.4, -0.2) is 34.1 Å². The van der Waals surface area contributed by atoms with Gasteiger partial charge < -0.3 is 21.5 Å². The van der Waals surface area contributed by atoms with Crippen LogP contribution in [-0.2, 0) is 13.0 Å². The van der Waals surface area contributed by atoms with Gasteiger partial charge in [-0.2, -0.15) is 0 Å². The average molecular weight is 446 g/mol. The van der Waals surface area contributed by atoms with Gasteiger partial charge in [-0.3, -0.25) is 4.79 Å². The topological polar surface area (TPSA) is 113 Å². The zero-order valence-electron chi connectivity index (χ0n) is 18.8.